The van der Waals surface area contributed by atoms with Gasteiger partial charge < -0.3 is 10.6 Å². The zero-order valence-electron chi connectivity index (χ0n) is 16.3. The van der Waals surface area contributed by atoms with E-state index >= 15 is 0 Å². The lowest BCUT2D eigenvalue weighted by atomic mass is 9.84. The van der Waals surface area contributed by atoms with Gasteiger partial charge in [0.2, 0.25) is 18.2 Å². The molecular formula is C19H28ClN3O4. The van der Waals surface area contributed by atoms with Gasteiger partial charge in [-0.3, -0.25) is 19.6 Å². The van der Waals surface area contributed by atoms with E-state index in [2.05, 4.69) is 10.6 Å². The van der Waals surface area contributed by atoms with Crippen molar-refractivity contribution in [2.75, 3.05) is 7.05 Å². The molecule has 3 N–H and O–H groups in total. The van der Waals surface area contributed by atoms with E-state index in [-0.39, 0.29) is 18.7 Å². The molecule has 0 bridgehead atoms. The topological polar surface area (TPSA) is 98.7 Å². The second-order valence-electron chi connectivity index (χ2n) is 7.58. The fourth-order valence-electron chi connectivity index (χ4n) is 2.71. The molecule has 27 heavy (non-hydrogen) atoms. The molecule has 0 aromatic heterocycles. The van der Waals surface area contributed by atoms with Crippen molar-refractivity contribution in [1.82, 2.24) is 15.7 Å². The van der Waals surface area contributed by atoms with Gasteiger partial charge in [0.1, 0.15) is 6.04 Å². The molecule has 0 fully saturated rings. The summed E-state index contributed by atoms with van der Waals surface area (Å²) in [4.78, 5) is 36.2. The molecule has 8 heteroatoms. The average Bonchev–Trinajstić information content (AvgIpc) is 2.62. The summed E-state index contributed by atoms with van der Waals surface area (Å²) in [7, 11) is 1.50. The molecular weight excluding hydrogens is 370 g/mol. The molecule has 3 atom stereocenters. The number of hydroxylamine groups is 2. The summed E-state index contributed by atoms with van der Waals surface area (Å²) in [5.41, 5.74) is 0.297. The van der Waals surface area contributed by atoms with Crippen LogP contribution in [0.3, 0.4) is 0 Å². The third kappa shape index (κ3) is 6.52. The SMILES string of the molecule is CNC(=O)[C@@H](NC(=O)[C@H](Cc1ccc(Cl)cc1)[C@H](C)N(O)C=O)C(C)(C)C. The maximum Gasteiger partial charge on any atom is 0.242 e. The molecule has 1 aromatic carbocycles. The normalized spacial score (nSPS) is 14.6. The highest BCUT2D eigenvalue weighted by atomic mass is 35.5. The van der Waals surface area contributed by atoms with Gasteiger partial charge in [-0.05, 0) is 36.5 Å². The number of nitrogens with one attached hydrogen (secondary N) is 2. The second kappa shape index (κ2) is 9.71. The summed E-state index contributed by atoms with van der Waals surface area (Å²) in [5.74, 6) is -1.51. The van der Waals surface area contributed by atoms with E-state index in [0.29, 0.717) is 10.1 Å². The van der Waals surface area contributed by atoms with E-state index in [9.17, 15) is 19.6 Å². The molecule has 0 aliphatic heterocycles. The molecule has 0 heterocycles. The van der Waals surface area contributed by atoms with Crippen LogP contribution in [0.4, 0.5) is 0 Å². The summed E-state index contributed by atoms with van der Waals surface area (Å²) >= 11 is 5.90. The van der Waals surface area contributed by atoms with Gasteiger partial charge in [0.05, 0.1) is 12.0 Å². The first-order valence-electron chi connectivity index (χ1n) is 8.70. The number of halogens is 1. The minimum atomic E-state index is -0.788. The van der Waals surface area contributed by atoms with Crippen LogP contribution in [0.5, 0.6) is 0 Å². The standard InChI is InChI=1S/C19H28ClN3O4/c1-12(23(27)11-24)15(10-13-6-8-14(20)9-7-13)17(25)22-16(18(26)21-5)19(2,3)4/h6-9,11-12,15-16,27H,10H2,1-5H3,(H,21,26)(H,22,25)/t12-,15+,16+/m0/s1. The molecule has 0 unspecified atom stereocenters. The molecule has 0 saturated carbocycles. The number of hydrogen-bond donors (Lipinski definition) is 3. The van der Waals surface area contributed by atoms with Crippen molar-refractivity contribution in [2.45, 2.75) is 46.2 Å². The van der Waals surface area contributed by atoms with Crippen LogP contribution in [0.25, 0.3) is 0 Å². The van der Waals surface area contributed by atoms with Crippen molar-refractivity contribution in [3.8, 4) is 0 Å². The Morgan fingerprint density at radius 2 is 1.78 bits per heavy atom. The third-order valence-electron chi connectivity index (χ3n) is 4.47. The Kier molecular flexibility index (Phi) is 8.24. The van der Waals surface area contributed by atoms with Gasteiger partial charge in [-0.2, -0.15) is 0 Å². The molecule has 0 aliphatic carbocycles. The maximum absolute atomic E-state index is 13.0. The van der Waals surface area contributed by atoms with E-state index < -0.39 is 29.3 Å². The molecule has 0 aliphatic rings. The number of hydrogen-bond acceptors (Lipinski definition) is 4. The van der Waals surface area contributed by atoms with E-state index in [0.717, 1.165) is 5.56 Å². The Morgan fingerprint density at radius 1 is 1.22 bits per heavy atom. The van der Waals surface area contributed by atoms with Crippen molar-refractivity contribution in [2.24, 2.45) is 11.3 Å². The first-order chi connectivity index (χ1) is 12.5. The van der Waals surface area contributed by atoms with Gasteiger partial charge in [-0.15, -0.1) is 0 Å². The van der Waals surface area contributed by atoms with Crippen molar-refractivity contribution in [3.63, 3.8) is 0 Å². The van der Waals surface area contributed by atoms with Gasteiger partial charge >= 0.3 is 0 Å². The van der Waals surface area contributed by atoms with Gasteiger partial charge in [0, 0.05) is 12.1 Å². The van der Waals surface area contributed by atoms with Crippen LogP contribution in [-0.2, 0) is 20.8 Å². The van der Waals surface area contributed by atoms with Crippen molar-refractivity contribution < 1.29 is 19.6 Å². The first-order valence-corrected chi connectivity index (χ1v) is 9.08. The van der Waals surface area contributed by atoms with Gasteiger partial charge in [0.15, 0.2) is 0 Å². The number of carbonyl (C=O) groups is 3. The maximum atomic E-state index is 13.0. The Morgan fingerprint density at radius 3 is 2.22 bits per heavy atom. The van der Waals surface area contributed by atoms with Crippen LogP contribution >= 0.6 is 11.6 Å². The Hall–Kier alpha value is -2.12. The number of amides is 3. The van der Waals surface area contributed by atoms with Gasteiger partial charge in [-0.1, -0.05) is 44.5 Å². The predicted octanol–water partition coefficient (Wildman–Crippen LogP) is 2.01. The van der Waals surface area contributed by atoms with E-state index in [1.807, 2.05) is 20.8 Å². The van der Waals surface area contributed by atoms with Crippen LogP contribution < -0.4 is 10.6 Å². The Balaban J connectivity index is 3.12. The van der Waals surface area contributed by atoms with Crippen LogP contribution in [0.1, 0.15) is 33.3 Å². The van der Waals surface area contributed by atoms with Crippen LogP contribution in [0.15, 0.2) is 24.3 Å². The first kappa shape index (κ1) is 22.9. The van der Waals surface area contributed by atoms with Crippen molar-refractivity contribution in [1.29, 1.82) is 0 Å². The van der Waals surface area contributed by atoms with Gasteiger partial charge in [-0.25, -0.2) is 5.06 Å². The molecule has 0 saturated heterocycles. The average molecular weight is 398 g/mol. The Labute approximate surface area is 165 Å². The van der Waals surface area contributed by atoms with Crippen LogP contribution in [-0.4, -0.2) is 47.6 Å². The highest BCUT2D eigenvalue weighted by Gasteiger charge is 2.36. The number of carbonyl (C=O) groups excluding carboxylic acids is 3. The van der Waals surface area contributed by atoms with Crippen LogP contribution in [0, 0.1) is 11.3 Å². The summed E-state index contributed by atoms with van der Waals surface area (Å²) in [6.07, 6.45) is 0.520. The highest BCUT2D eigenvalue weighted by molar-refractivity contribution is 6.30. The molecule has 150 valence electrons. The van der Waals surface area contributed by atoms with Crippen LogP contribution in [0.2, 0.25) is 5.02 Å². The number of rotatable bonds is 8. The van der Waals surface area contributed by atoms with E-state index in [4.69, 9.17) is 11.6 Å². The lowest BCUT2D eigenvalue weighted by Gasteiger charge is -2.33. The summed E-state index contributed by atoms with van der Waals surface area (Å²) in [6, 6.07) is 5.41. The molecule has 3 amide bonds. The number of nitrogens with zero attached hydrogens (tertiary/aromatic N) is 1. The number of benzene rings is 1. The monoisotopic (exact) mass is 397 g/mol. The molecule has 1 rings (SSSR count). The van der Waals surface area contributed by atoms with E-state index in [1.54, 1.807) is 31.2 Å². The molecule has 7 nitrogen and oxygen atoms in total. The molecule has 0 spiro atoms. The summed E-state index contributed by atoms with van der Waals surface area (Å²) < 4.78 is 0. The van der Waals surface area contributed by atoms with Crippen molar-refractivity contribution >= 4 is 29.8 Å². The minimum absolute atomic E-state index is 0.257. The van der Waals surface area contributed by atoms with E-state index in [1.165, 1.54) is 7.05 Å². The fraction of sp³-hybridized carbons (Fsp3) is 0.526. The largest absolute Gasteiger partial charge is 0.357 e. The highest BCUT2D eigenvalue weighted by Crippen LogP contribution is 2.22. The fourth-order valence-corrected chi connectivity index (χ4v) is 2.83. The third-order valence-corrected chi connectivity index (χ3v) is 4.73. The lowest BCUT2D eigenvalue weighted by molar-refractivity contribution is -0.166. The smallest absolute Gasteiger partial charge is 0.242 e. The zero-order chi connectivity index (χ0) is 20.8. The Bertz CT molecular complexity index is 658. The quantitative estimate of drug-likeness (QED) is 0.355. The minimum Gasteiger partial charge on any atom is -0.357 e. The summed E-state index contributed by atoms with van der Waals surface area (Å²) in [6.45, 7) is 7.10. The zero-order valence-corrected chi connectivity index (χ0v) is 17.1. The lowest BCUT2D eigenvalue weighted by Crippen LogP contribution is -2.56. The summed E-state index contributed by atoms with van der Waals surface area (Å²) in [5, 5.41) is 16.2. The molecule has 0 radical (unpaired) electrons. The number of likely N-dealkylation sites (N-methyl/N-ethyl adjacent to an activating group) is 1. The predicted molar refractivity (Wildman–Crippen MR) is 103 cm³/mol. The molecule has 1 aromatic rings. The van der Waals surface area contributed by atoms with Gasteiger partial charge in [0.25, 0.3) is 0 Å². The van der Waals surface area contributed by atoms with Crippen molar-refractivity contribution in [3.05, 3.63) is 34.9 Å². The second-order valence-corrected chi connectivity index (χ2v) is 8.02.